The average molecular weight is 264 g/mol. The van der Waals surface area contributed by atoms with E-state index >= 15 is 0 Å². The van der Waals surface area contributed by atoms with E-state index in [4.69, 9.17) is 9.26 Å². The third kappa shape index (κ3) is 1.86. The zero-order valence-electron chi connectivity index (χ0n) is 10.7. The molecule has 0 bridgehead atoms. The van der Waals surface area contributed by atoms with Gasteiger partial charge in [-0.1, -0.05) is 23.4 Å². The lowest BCUT2D eigenvalue weighted by molar-refractivity contribution is 0.357. The zero-order valence-corrected chi connectivity index (χ0v) is 10.7. The SMILES string of the molecule is c1ccc(-c2nc(-c3ccc4c(c3)CCO4)no2)cc1. The summed E-state index contributed by atoms with van der Waals surface area (Å²) in [4.78, 5) is 4.46. The normalized spacial score (nSPS) is 13.0. The minimum Gasteiger partial charge on any atom is -0.493 e. The highest BCUT2D eigenvalue weighted by atomic mass is 16.5. The van der Waals surface area contributed by atoms with E-state index in [1.54, 1.807) is 0 Å². The van der Waals surface area contributed by atoms with Gasteiger partial charge < -0.3 is 9.26 Å². The van der Waals surface area contributed by atoms with Crippen LogP contribution in [0.1, 0.15) is 5.56 Å². The third-order valence-corrected chi connectivity index (χ3v) is 3.39. The van der Waals surface area contributed by atoms with Gasteiger partial charge in [-0.15, -0.1) is 0 Å². The molecule has 0 amide bonds. The molecule has 0 fully saturated rings. The topological polar surface area (TPSA) is 48.2 Å². The maximum absolute atomic E-state index is 5.50. The van der Waals surface area contributed by atoms with Crippen molar-refractivity contribution in [1.29, 1.82) is 0 Å². The van der Waals surface area contributed by atoms with Gasteiger partial charge in [0.1, 0.15) is 5.75 Å². The third-order valence-electron chi connectivity index (χ3n) is 3.39. The molecular weight excluding hydrogens is 252 g/mol. The summed E-state index contributed by atoms with van der Waals surface area (Å²) in [5.41, 5.74) is 3.09. The lowest BCUT2D eigenvalue weighted by atomic mass is 10.1. The van der Waals surface area contributed by atoms with Gasteiger partial charge in [-0.3, -0.25) is 0 Å². The summed E-state index contributed by atoms with van der Waals surface area (Å²) in [7, 11) is 0. The van der Waals surface area contributed by atoms with Gasteiger partial charge in [0.15, 0.2) is 0 Å². The van der Waals surface area contributed by atoms with Crippen LogP contribution in [0.5, 0.6) is 5.75 Å². The fourth-order valence-corrected chi connectivity index (χ4v) is 2.36. The van der Waals surface area contributed by atoms with E-state index in [0.29, 0.717) is 11.7 Å². The van der Waals surface area contributed by atoms with Crippen LogP contribution in [0.4, 0.5) is 0 Å². The van der Waals surface area contributed by atoms with E-state index in [1.807, 2.05) is 42.5 Å². The van der Waals surface area contributed by atoms with Crippen molar-refractivity contribution >= 4 is 0 Å². The summed E-state index contributed by atoms with van der Waals surface area (Å²) in [6, 6.07) is 15.8. The summed E-state index contributed by atoms with van der Waals surface area (Å²) >= 11 is 0. The highest BCUT2D eigenvalue weighted by Crippen LogP contribution is 2.30. The molecule has 3 aromatic rings. The first kappa shape index (κ1) is 11.2. The average Bonchev–Trinajstić information content (AvgIpc) is 3.16. The van der Waals surface area contributed by atoms with Gasteiger partial charge in [-0.05, 0) is 35.9 Å². The molecule has 0 saturated heterocycles. The van der Waals surface area contributed by atoms with Gasteiger partial charge >= 0.3 is 0 Å². The summed E-state index contributed by atoms with van der Waals surface area (Å²) < 4.78 is 10.8. The van der Waals surface area contributed by atoms with Crippen molar-refractivity contribution in [3.63, 3.8) is 0 Å². The summed E-state index contributed by atoms with van der Waals surface area (Å²) in [6.45, 7) is 0.750. The molecule has 0 spiro atoms. The molecule has 1 aliphatic rings. The quantitative estimate of drug-likeness (QED) is 0.712. The Labute approximate surface area is 116 Å². The Morgan fingerprint density at radius 2 is 1.85 bits per heavy atom. The zero-order chi connectivity index (χ0) is 13.4. The minimum atomic E-state index is 0.539. The summed E-state index contributed by atoms with van der Waals surface area (Å²) in [5, 5.41) is 4.06. The number of aromatic nitrogens is 2. The molecule has 4 heteroatoms. The second-order valence-electron chi connectivity index (χ2n) is 4.71. The summed E-state index contributed by atoms with van der Waals surface area (Å²) in [6.07, 6.45) is 0.937. The van der Waals surface area contributed by atoms with Crippen LogP contribution in [0.3, 0.4) is 0 Å². The Morgan fingerprint density at radius 3 is 2.75 bits per heavy atom. The fourth-order valence-electron chi connectivity index (χ4n) is 2.36. The van der Waals surface area contributed by atoms with E-state index in [2.05, 4.69) is 16.2 Å². The molecule has 1 aliphatic heterocycles. The van der Waals surface area contributed by atoms with Crippen molar-refractivity contribution < 1.29 is 9.26 Å². The van der Waals surface area contributed by atoms with Gasteiger partial charge in [0.2, 0.25) is 5.82 Å². The maximum Gasteiger partial charge on any atom is 0.258 e. The first-order chi connectivity index (χ1) is 9.90. The molecule has 2 heterocycles. The predicted molar refractivity (Wildman–Crippen MR) is 74.4 cm³/mol. The van der Waals surface area contributed by atoms with Crippen LogP contribution in [-0.2, 0) is 6.42 Å². The number of fused-ring (bicyclic) bond motifs is 1. The number of benzene rings is 2. The number of hydrogen-bond acceptors (Lipinski definition) is 4. The van der Waals surface area contributed by atoms with Crippen molar-refractivity contribution in [2.75, 3.05) is 6.61 Å². The molecule has 0 atom stereocenters. The van der Waals surface area contributed by atoms with E-state index in [0.717, 1.165) is 29.9 Å². The van der Waals surface area contributed by atoms with Crippen LogP contribution in [0.15, 0.2) is 53.1 Å². The van der Waals surface area contributed by atoms with Crippen LogP contribution >= 0.6 is 0 Å². The molecule has 4 nitrogen and oxygen atoms in total. The molecule has 0 N–H and O–H groups in total. The van der Waals surface area contributed by atoms with Gasteiger partial charge in [0.25, 0.3) is 5.89 Å². The molecular formula is C16H12N2O2. The molecule has 0 aliphatic carbocycles. The standard InChI is InChI=1S/C16H12N2O2/c1-2-4-11(5-3-1)16-17-15(18-20-16)13-6-7-14-12(10-13)8-9-19-14/h1-7,10H,8-9H2. The van der Waals surface area contributed by atoms with Crippen molar-refractivity contribution in [3.8, 4) is 28.6 Å². The molecule has 0 radical (unpaired) electrons. The molecule has 1 aromatic heterocycles. The number of rotatable bonds is 2. The predicted octanol–water partition coefficient (Wildman–Crippen LogP) is 3.34. The molecule has 2 aromatic carbocycles. The highest BCUT2D eigenvalue weighted by molar-refractivity contribution is 5.62. The fraction of sp³-hybridized carbons (Fsp3) is 0.125. The van der Waals surface area contributed by atoms with Gasteiger partial charge in [0.05, 0.1) is 6.61 Å². The molecule has 0 saturated carbocycles. The van der Waals surface area contributed by atoms with Crippen molar-refractivity contribution in [2.24, 2.45) is 0 Å². The van der Waals surface area contributed by atoms with Crippen LogP contribution < -0.4 is 4.74 Å². The Kier molecular flexibility index (Phi) is 2.52. The molecule has 20 heavy (non-hydrogen) atoms. The van der Waals surface area contributed by atoms with Gasteiger partial charge in [0, 0.05) is 17.5 Å². The van der Waals surface area contributed by atoms with E-state index < -0.39 is 0 Å². The molecule has 4 rings (SSSR count). The molecule has 0 unspecified atom stereocenters. The number of nitrogens with zero attached hydrogens (tertiary/aromatic N) is 2. The Balaban J connectivity index is 1.72. The van der Waals surface area contributed by atoms with Crippen LogP contribution in [0, 0.1) is 0 Å². The Bertz CT molecular complexity index is 750. The second-order valence-corrected chi connectivity index (χ2v) is 4.71. The Morgan fingerprint density at radius 1 is 0.950 bits per heavy atom. The first-order valence-electron chi connectivity index (χ1n) is 6.55. The van der Waals surface area contributed by atoms with Crippen molar-refractivity contribution in [1.82, 2.24) is 10.1 Å². The lowest BCUT2D eigenvalue weighted by Crippen LogP contribution is -1.85. The maximum atomic E-state index is 5.50. The van der Waals surface area contributed by atoms with E-state index in [9.17, 15) is 0 Å². The number of hydrogen-bond donors (Lipinski definition) is 0. The number of ether oxygens (including phenoxy) is 1. The van der Waals surface area contributed by atoms with Crippen LogP contribution in [0.25, 0.3) is 22.8 Å². The van der Waals surface area contributed by atoms with Gasteiger partial charge in [-0.2, -0.15) is 4.98 Å². The second kappa shape index (κ2) is 4.49. The van der Waals surface area contributed by atoms with E-state index in [1.165, 1.54) is 5.56 Å². The molecule has 98 valence electrons. The summed E-state index contributed by atoms with van der Waals surface area (Å²) in [5.74, 6) is 2.11. The monoisotopic (exact) mass is 264 g/mol. The van der Waals surface area contributed by atoms with E-state index in [-0.39, 0.29) is 0 Å². The largest absolute Gasteiger partial charge is 0.493 e. The van der Waals surface area contributed by atoms with Crippen LogP contribution in [0.2, 0.25) is 0 Å². The lowest BCUT2D eigenvalue weighted by Gasteiger charge is -1.99. The van der Waals surface area contributed by atoms with Crippen molar-refractivity contribution in [3.05, 3.63) is 54.1 Å². The minimum absolute atomic E-state index is 0.539. The Hall–Kier alpha value is -2.62. The highest BCUT2D eigenvalue weighted by Gasteiger charge is 2.15. The van der Waals surface area contributed by atoms with Gasteiger partial charge in [-0.25, -0.2) is 0 Å². The van der Waals surface area contributed by atoms with Crippen molar-refractivity contribution in [2.45, 2.75) is 6.42 Å². The smallest absolute Gasteiger partial charge is 0.258 e. The first-order valence-corrected chi connectivity index (χ1v) is 6.55. The van der Waals surface area contributed by atoms with Crippen LogP contribution in [-0.4, -0.2) is 16.7 Å².